The van der Waals surface area contributed by atoms with Crippen molar-refractivity contribution in [3.8, 4) is 11.5 Å². The smallest absolute Gasteiger partial charge is 0.261 e. The number of hydrogen-bond acceptors (Lipinski definition) is 7. The average Bonchev–Trinajstić information content (AvgIpc) is 3.12. The zero-order chi connectivity index (χ0) is 33.1. The van der Waals surface area contributed by atoms with Crippen LogP contribution >= 0.6 is 0 Å². The van der Waals surface area contributed by atoms with Crippen molar-refractivity contribution in [2.24, 2.45) is 0 Å². The first kappa shape index (κ1) is 33.6. The third kappa shape index (κ3) is 8.97. The topological polar surface area (TPSA) is 114 Å². The minimum Gasteiger partial charge on any atom is -0.496 e. The van der Waals surface area contributed by atoms with Gasteiger partial charge in [0.2, 0.25) is 15.9 Å². The summed E-state index contributed by atoms with van der Waals surface area (Å²) in [6.07, 6.45) is 0.283. The van der Waals surface area contributed by atoms with Crippen LogP contribution in [0.3, 0.4) is 0 Å². The van der Waals surface area contributed by atoms with Crippen LogP contribution in [0.2, 0.25) is 0 Å². The van der Waals surface area contributed by atoms with E-state index in [-0.39, 0.29) is 36.9 Å². The summed E-state index contributed by atoms with van der Waals surface area (Å²) >= 11 is 0. The molecule has 0 aliphatic carbocycles. The van der Waals surface area contributed by atoms with E-state index in [9.17, 15) is 18.0 Å². The Bertz CT molecular complexity index is 1710. The van der Waals surface area contributed by atoms with Crippen LogP contribution in [-0.2, 0) is 43.9 Å². The highest BCUT2D eigenvalue weighted by Crippen LogP contribution is 2.22. The van der Waals surface area contributed by atoms with E-state index >= 15 is 0 Å². The molecule has 4 aromatic carbocycles. The Kier molecular flexibility index (Phi) is 11.6. The average molecular weight is 658 g/mol. The van der Waals surface area contributed by atoms with Gasteiger partial charge in [-0.25, -0.2) is 8.42 Å². The van der Waals surface area contributed by atoms with Crippen LogP contribution < -0.4 is 14.8 Å². The molecule has 0 spiro atoms. The number of carbonyl (C=O) groups is 2. The Morgan fingerprint density at radius 1 is 0.851 bits per heavy atom. The first-order valence-corrected chi connectivity index (χ1v) is 16.9. The lowest BCUT2D eigenvalue weighted by Gasteiger charge is -2.31. The molecule has 2 amide bonds. The summed E-state index contributed by atoms with van der Waals surface area (Å²) in [5, 5.41) is 3.01. The van der Waals surface area contributed by atoms with Crippen LogP contribution in [0.4, 0.5) is 0 Å². The Balaban J connectivity index is 1.35. The quantitative estimate of drug-likeness (QED) is 0.218. The van der Waals surface area contributed by atoms with Crippen molar-refractivity contribution in [3.05, 3.63) is 126 Å². The highest BCUT2D eigenvalue weighted by Gasteiger charge is 2.31. The molecular formula is C36H39N3O7S. The van der Waals surface area contributed by atoms with Gasteiger partial charge in [-0.2, -0.15) is 4.31 Å². The molecule has 1 N–H and O–H groups in total. The van der Waals surface area contributed by atoms with Crippen LogP contribution in [-0.4, -0.2) is 75.5 Å². The number of amides is 2. The summed E-state index contributed by atoms with van der Waals surface area (Å²) in [7, 11) is -2.09. The zero-order valence-corrected chi connectivity index (χ0v) is 27.1. The van der Waals surface area contributed by atoms with Crippen molar-refractivity contribution in [2.45, 2.75) is 30.4 Å². The van der Waals surface area contributed by atoms with Gasteiger partial charge < -0.3 is 24.4 Å². The van der Waals surface area contributed by atoms with Gasteiger partial charge in [-0.15, -0.1) is 0 Å². The second kappa shape index (κ2) is 16.2. The van der Waals surface area contributed by atoms with Gasteiger partial charge in [-0.3, -0.25) is 9.59 Å². The number of hydrogen-bond donors (Lipinski definition) is 1. The highest BCUT2D eigenvalue weighted by molar-refractivity contribution is 7.89. The van der Waals surface area contributed by atoms with Gasteiger partial charge in [0.25, 0.3) is 5.91 Å². The van der Waals surface area contributed by atoms with E-state index in [1.54, 1.807) is 7.11 Å². The molecule has 0 unspecified atom stereocenters. The first-order chi connectivity index (χ1) is 22.8. The molecule has 0 saturated carbocycles. The van der Waals surface area contributed by atoms with Crippen LogP contribution in [0.1, 0.15) is 16.7 Å². The largest absolute Gasteiger partial charge is 0.496 e. The highest BCUT2D eigenvalue weighted by atomic mass is 32.2. The van der Waals surface area contributed by atoms with E-state index in [1.165, 1.54) is 33.5 Å². The lowest BCUT2D eigenvalue weighted by atomic mass is 10.0. The van der Waals surface area contributed by atoms with E-state index < -0.39 is 22.0 Å². The number of rotatable bonds is 14. The predicted molar refractivity (Wildman–Crippen MR) is 177 cm³/mol. The second-order valence-electron chi connectivity index (χ2n) is 11.0. The number of sulfonamides is 1. The number of methoxy groups -OCH3 is 1. The number of benzene rings is 4. The molecule has 0 bridgehead atoms. The standard InChI is InChI=1S/C36H39N3O7S/c1-44-34-15-9-8-14-30(34)25-37-36(41)33(24-28-10-4-2-5-11-28)39(26-29-12-6-3-7-13-29)35(40)27-46-31-16-18-32(19-17-31)47(42,43)38-20-22-45-23-21-38/h2-19,33H,20-27H2,1H3,(H,37,41)/t33-/m0/s1. The van der Waals surface area contributed by atoms with E-state index in [0.29, 0.717) is 37.8 Å². The molecule has 1 saturated heterocycles. The number of carbonyl (C=O) groups excluding carboxylic acids is 2. The molecule has 11 heteroatoms. The fraction of sp³-hybridized carbons (Fsp3) is 0.278. The summed E-state index contributed by atoms with van der Waals surface area (Å²) in [5.41, 5.74) is 2.56. The monoisotopic (exact) mass is 657 g/mol. The number of morpholine rings is 1. The van der Waals surface area contributed by atoms with E-state index in [1.807, 2.05) is 84.9 Å². The van der Waals surface area contributed by atoms with Crippen molar-refractivity contribution < 1.29 is 32.2 Å². The van der Waals surface area contributed by atoms with Crippen molar-refractivity contribution in [1.29, 1.82) is 0 Å². The van der Waals surface area contributed by atoms with Gasteiger partial charge in [-0.1, -0.05) is 78.9 Å². The maximum Gasteiger partial charge on any atom is 0.261 e. The third-order valence-corrected chi connectivity index (χ3v) is 9.82. The van der Waals surface area contributed by atoms with Crippen LogP contribution in [0.15, 0.2) is 114 Å². The van der Waals surface area contributed by atoms with E-state index in [2.05, 4.69) is 5.32 Å². The Morgan fingerprint density at radius 2 is 1.47 bits per heavy atom. The van der Waals surface area contributed by atoms with Gasteiger partial charge in [-0.05, 0) is 41.5 Å². The third-order valence-electron chi connectivity index (χ3n) is 7.91. The summed E-state index contributed by atoms with van der Waals surface area (Å²) in [4.78, 5) is 29.6. The SMILES string of the molecule is COc1ccccc1CNC(=O)[C@H](Cc1ccccc1)N(Cc1ccccc1)C(=O)COc1ccc(S(=O)(=O)N2CCOCC2)cc1. The lowest BCUT2D eigenvalue weighted by Crippen LogP contribution is -2.51. The fourth-order valence-electron chi connectivity index (χ4n) is 5.36. The second-order valence-corrected chi connectivity index (χ2v) is 13.0. The van der Waals surface area contributed by atoms with Gasteiger partial charge in [0, 0.05) is 38.2 Å². The van der Waals surface area contributed by atoms with Crippen LogP contribution in [0, 0.1) is 0 Å². The van der Waals surface area contributed by atoms with Crippen LogP contribution in [0.5, 0.6) is 11.5 Å². The lowest BCUT2D eigenvalue weighted by molar-refractivity contribution is -0.142. The molecule has 47 heavy (non-hydrogen) atoms. The predicted octanol–water partition coefficient (Wildman–Crippen LogP) is 4.05. The van der Waals surface area contributed by atoms with Crippen LogP contribution in [0.25, 0.3) is 0 Å². The first-order valence-electron chi connectivity index (χ1n) is 15.4. The Morgan fingerprint density at radius 3 is 2.13 bits per heavy atom. The molecule has 0 aromatic heterocycles. The fourth-order valence-corrected chi connectivity index (χ4v) is 6.76. The van der Waals surface area contributed by atoms with Crippen molar-refractivity contribution in [1.82, 2.24) is 14.5 Å². The van der Waals surface area contributed by atoms with Crippen molar-refractivity contribution in [2.75, 3.05) is 40.0 Å². The molecule has 4 aromatic rings. The minimum atomic E-state index is -3.67. The van der Waals surface area contributed by atoms with Gasteiger partial charge >= 0.3 is 0 Å². The maximum absolute atomic E-state index is 14.0. The minimum absolute atomic E-state index is 0.137. The summed E-state index contributed by atoms with van der Waals surface area (Å²) < 4.78 is 44.0. The van der Waals surface area contributed by atoms with Gasteiger partial charge in [0.15, 0.2) is 6.61 Å². The van der Waals surface area contributed by atoms with Gasteiger partial charge in [0.1, 0.15) is 17.5 Å². The summed E-state index contributed by atoms with van der Waals surface area (Å²) in [6.45, 7) is 1.34. The molecule has 1 aliphatic heterocycles. The molecule has 1 heterocycles. The molecule has 10 nitrogen and oxygen atoms in total. The molecule has 246 valence electrons. The molecule has 5 rings (SSSR count). The molecular weight excluding hydrogens is 618 g/mol. The number of ether oxygens (including phenoxy) is 3. The van der Waals surface area contributed by atoms with Gasteiger partial charge in [0.05, 0.1) is 25.2 Å². The normalized spacial score (nSPS) is 14.1. The Labute approximate surface area is 275 Å². The van der Waals surface area contributed by atoms with Crippen molar-refractivity contribution >= 4 is 21.8 Å². The molecule has 1 fully saturated rings. The maximum atomic E-state index is 14.0. The molecule has 0 radical (unpaired) electrons. The van der Waals surface area contributed by atoms with Crippen molar-refractivity contribution in [3.63, 3.8) is 0 Å². The molecule has 1 atom stereocenters. The number of para-hydroxylation sites is 1. The van der Waals surface area contributed by atoms with E-state index in [0.717, 1.165) is 16.7 Å². The van der Waals surface area contributed by atoms with E-state index in [4.69, 9.17) is 14.2 Å². The Hall–Kier alpha value is -4.71. The molecule has 1 aliphatic rings. The number of nitrogens with one attached hydrogen (secondary N) is 1. The summed E-state index contributed by atoms with van der Waals surface area (Å²) in [5.74, 6) is 0.273. The summed E-state index contributed by atoms with van der Waals surface area (Å²) in [6, 6.07) is 31.6. The zero-order valence-electron chi connectivity index (χ0n) is 26.3. The number of nitrogens with zero attached hydrogens (tertiary/aromatic N) is 2.